The first-order valence-electron chi connectivity index (χ1n) is 6.91. The molecule has 20 heavy (non-hydrogen) atoms. The van der Waals surface area contributed by atoms with E-state index >= 15 is 0 Å². The van der Waals surface area contributed by atoms with Crippen molar-refractivity contribution < 1.29 is 8.42 Å². The maximum Gasteiger partial charge on any atom is 0.243 e. The van der Waals surface area contributed by atoms with Crippen molar-refractivity contribution in [1.29, 1.82) is 0 Å². The van der Waals surface area contributed by atoms with Crippen LogP contribution in [0.5, 0.6) is 0 Å². The molecule has 0 bridgehead atoms. The number of rotatable bonds is 2. The Hall–Kier alpha value is -0.620. The summed E-state index contributed by atoms with van der Waals surface area (Å²) in [6, 6.07) is 5.18. The topological polar surface area (TPSA) is 49.4 Å². The standard InChI is InChI=1S/C14H19ClN2O2S/c1-9-3-4-12(15)6-14(9)20(18,19)17-10(2)5-11-7-16-8-13(11)17/h3-4,6,10-11,13,16H,5,7-8H2,1-2H3. The molecule has 0 aromatic heterocycles. The van der Waals surface area contributed by atoms with Gasteiger partial charge in [0.2, 0.25) is 10.0 Å². The van der Waals surface area contributed by atoms with Gasteiger partial charge in [0, 0.05) is 23.7 Å². The molecule has 2 aliphatic heterocycles. The Kier molecular flexibility index (Phi) is 3.57. The van der Waals surface area contributed by atoms with E-state index < -0.39 is 10.0 Å². The molecule has 0 aliphatic carbocycles. The number of aryl methyl sites for hydroxylation is 1. The minimum absolute atomic E-state index is 0.0514. The molecule has 0 amide bonds. The third-order valence-corrected chi connectivity index (χ3v) is 6.83. The van der Waals surface area contributed by atoms with Crippen molar-refractivity contribution in [2.75, 3.05) is 13.1 Å². The highest BCUT2D eigenvalue weighted by Crippen LogP contribution is 2.37. The Morgan fingerprint density at radius 1 is 1.35 bits per heavy atom. The second-order valence-electron chi connectivity index (χ2n) is 5.82. The van der Waals surface area contributed by atoms with Crippen LogP contribution < -0.4 is 5.32 Å². The van der Waals surface area contributed by atoms with Crippen molar-refractivity contribution in [3.63, 3.8) is 0 Å². The summed E-state index contributed by atoms with van der Waals surface area (Å²) in [5, 5.41) is 3.75. The fourth-order valence-electron chi connectivity index (χ4n) is 3.51. The monoisotopic (exact) mass is 314 g/mol. The van der Waals surface area contributed by atoms with Crippen molar-refractivity contribution >= 4 is 21.6 Å². The fraction of sp³-hybridized carbons (Fsp3) is 0.571. The fourth-order valence-corrected chi connectivity index (χ4v) is 5.88. The van der Waals surface area contributed by atoms with Crippen LogP contribution in [0.4, 0.5) is 0 Å². The lowest BCUT2D eigenvalue weighted by Crippen LogP contribution is -2.42. The first-order valence-corrected chi connectivity index (χ1v) is 8.73. The number of hydrogen-bond donors (Lipinski definition) is 1. The summed E-state index contributed by atoms with van der Waals surface area (Å²) >= 11 is 5.98. The van der Waals surface area contributed by atoms with Gasteiger partial charge in [0.25, 0.3) is 0 Å². The third kappa shape index (κ3) is 2.17. The summed E-state index contributed by atoms with van der Waals surface area (Å²) in [7, 11) is -3.49. The average Bonchev–Trinajstić information content (AvgIpc) is 2.91. The van der Waals surface area contributed by atoms with Gasteiger partial charge in [-0.05, 0) is 50.4 Å². The molecule has 0 saturated carbocycles. The van der Waals surface area contributed by atoms with Crippen LogP contribution in [0.25, 0.3) is 0 Å². The lowest BCUT2D eigenvalue weighted by Gasteiger charge is -2.27. The molecule has 2 aliphatic rings. The van der Waals surface area contributed by atoms with Crippen LogP contribution in [0.3, 0.4) is 0 Å². The van der Waals surface area contributed by atoms with Crippen LogP contribution in [0, 0.1) is 12.8 Å². The molecule has 6 heteroatoms. The Balaban J connectivity index is 2.05. The highest BCUT2D eigenvalue weighted by Gasteiger charge is 2.48. The smallest absolute Gasteiger partial charge is 0.243 e. The molecule has 3 atom stereocenters. The Morgan fingerprint density at radius 3 is 2.85 bits per heavy atom. The van der Waals surface area contributed by atoms with Crippen LogP contribution in [0.2, 0.25) is 5.02 Å². The van der Waals surface area contributed by atoms with Crippen LogP contribution >= 0.6 is 11.6 Å². The molecule has 0 spiro atoms. The van der Waals surface area contributed by atoms with E-state index in [4.69, 9.17) is 11.6 Å². The summed E-state index contributed by atoms with van der Waals surface area (Å²) < 4.78 is 27.7. The van der Waals surface area contributed by atoms with Crippen LogP contribution in [0.1, 0.15) is 18.9 Å². The number of halogens is 1. The second-order valence-corrected chi connectivity index (χ2v) is 8.06. The van der Waals surface area contributed by atoms with E-state index in [2.05, 4.69) is 5.32 Å². The third-order valence-electron chi connectivity index (χ3n) is 4.41. The molecule has 3 unspecified atom stereocenters. The van der Waals surface area contributed by atoms with E-state index in [1.165, 1.54) is 0 Å². The molecule has 2 heterocycles. The van der Waals surface area contributed by atoms with Gasteiger partial charge in [-0.25, -0.2) is 8.42 Å². The summed E-state index contributed by atoms with van der Waals surface area (Å²) in [5.74, 6) is 0.430. The van der Waals surface area contributed by atoms with Crippen molar-refractivity contribution in [2.24, 2.45) is 5.92 Å². The van der Waals surface area contributed by atoms with Gasteiger partial charge in [-0.1, -0.05) is 17.7 Å². The molecule has 4 nitrogen and oxygen atoms in total. The van der Waals surface area contributed by atoms with Crippen LogP contribution in [-0.2, 0) is 10.0 Å². The van der Waals surface area contributed by atoms with Gasteiger partial charge in [-0.3, -0.25) is 0 Å². The second kappa shape index (κ2) is 4.98. The van der Waals surface area contributed by atoms with Crippen molar-refractivity contribution in [2.45, 2.75) is 37.2 Å². The Labute approximate surface area is 125 Å². The minimum Gasteiger partial charge on any atom is -0.315 e. The van der Waals surface area contributed by atoms with Gasteiger partial charge in [0.15, 0.2) is 0 Å². The molecule has 0 radical (unpaired) electrons. The Morgan fingerprint density at radius 2 is 2.10 bits per heavy atom. The lowest BCUT2D eigenvalue weighted by atomic mass is 10.0. The predicted octanol–water partition coefficient (Wildman–Crippen LogP) is 2.02. The number of nitrogens with one attached hydrogen (secondary N) is 1. The van der Waals surface area contributed by atoms with Gasteiger partial charge < -0.3 is 5.32 Å². The molecule has 1 N–H and O–H groups in total. The molecular formula is C14H19ClN2O2S. The van der Waals surface area contributed by atoms with Crippen molar-refractivity contribution in [3.05, 3.63) is 28.8 Å². The quantitative estimate of drug-likeness (QED) is 0.908. The van der Waals surface area contributed by atoms with Crippen LogP contribution in [-0.4, -0.2) is 37.9 Å². The summed E-state index contributed by atoms with van der Waals surface area (Å²) in [4.78, 5) is 0.337. The van der Waals surface area contributed by atoms with Crippen molar-refractivity contribution in [3.8, 4) is 0 Å². The van der Waals surface area contributed by atoms with Gasteiger partial charge in [-0.15, -0.1) is 0 Å². The Bertz CT molecular complexity index is 632. The van der Waals surface area contributed by atoms with E-state index in [0.29, 0.717) is 15.8 Å². The zero-order valence-electron chi connectivity index (χ0n) is 11.6. The van der Waals surface area contributed by atoms with Gasteiger partial charge >= 0.3 is 0 Å². The van der Waals surface area contributed by atoms with Gasteiger partial charge in [0.1, 0.15) is 0 Å². The number of benzene rings is 1. The zero-order chi connectivity index (χ0) is 14.5. The van der Waals surface area contributed by atoms with E-state index in [0.717, 1.165) is 25.1 Å². The number of sulfonamides is 1. The summed E-state index contributed by atoms with van der Waals surface area (Å²) in [5.41, 5.74) is 0.746. The normalized spacial score (nSPS) is 30.6. The van der Waals surface area contributed by atoms with Gasteiger partial charge in [-0.2, -0.15) is 4.31 Å². The molecule has 1 aromatic rings. The first-order chi connectivity index (χ1) is 9.41. The highest BCUT2D eigenvalue weighted by molar-refractivity contribution is 7.89. The average molecular weight is 315 g/mol. The number of hydrogen-bond acceptors (Lipinski definition) is 3. The highest BCUT2D eigenvalue weighted by atomic mass is 35.5. The lowest BCUT2D eigenvalue weighted by molar-refractivity contribution is 0.335. The van der Waals surface area contributed by atoms with E-state index in [-0.39, 0.29) is 12.1 Å². The van der Waals surface area contributed by atoms with Crippen molar-refractivity contribution in [1.82, 2.24) is 9.62 Å². The van der Waals surface area contributed by atoms with E-state index in [1.807, 2.05) is 13.8 Å². The zero-order valence-corrected chi connectivity index (χ0v) is 13.2. The minimum atomic E-state index is -3.49. The molecule has 1 aromatic carbocycles. The maximum atomic E-state index is 13.0. The summed E-state index contributed by atoms with van der Waals surface area (Å²) in [6.45, 7) is 5.47. The first kappa shape index (κ1) is 14.3. The summed E-state index contributed by atoms with van der Waals surface area (Å²) in [6.07, 6.45) is 0.927. The molecular weight excluding hydrogens is 296 g/mol. The number of fused-ring (bicyclic) bond motifs is 1. The van der Waals surface area contributed by atoms with E-state index in [9.17, 15) is 8.42 Å². The number of nitrogens with zero attached hydrogens (tertiary/aromatic N) is 1. The molecule has 110 valence electrons. The van der Waals surface area contributed by atoms with Crippen LogP contribution in [0.15, 0.2) is 23.1 Å². The molecule has 2 saturated heterocycles. The van der Waals surface area contributed by atoms with Gasteiger partial charge in [0.05, 0.1) is 4.90 Å². The predicted molar refractivity (Wildman–Crippen MR) is 79.4 cm³/mol. The maximum absolute atomic E-state index is 13.0. The van der Waals surface area contributed by atoms with E-state index in [1.54, 1.807) is 22.5 Å². The molecule has 2 fully saturated rings. The molecule has 3 rings (SSSR count). The largest absolute Gasteiger partial charge is 0.315 e. The SMILES string of the molecule is Cc1ccc(Cl)cc1S(=O)(=O)N1C(C)CC2CNCC21.